The molecule has 5 nitrogen and oxygen atoms in total. The summed E-state index contributed by atoms with van der Waals surface area (Å²) in [5.41, 5.74) is 1.39. The van der Waals surface area contributed by atoms with Crippen molar-refractivity contribution in [1.29, 1.82) is 0 Å². The minimum atomic E-state index is 0.124. The molecule has 0 aromatic carbocycles. The Labute approximate surface area is 114 Å². The molecule has 1 aliphatic carbocycles. The second-order valence-electron chi connectivity index (χ2n) is 5.08. The van der Waals surface area contributed by atoms with E-state index in [1.807, 2.05) is 0 Å². The van der Waals surface area contributed by atoms with Crippen molar-refractivity contribution in [2.45, 2.75) is 58.0 Å². The topological polar surface area (TPSA) is 59.8 Å². The van der Waals surface area contributed by atoms with Gasteiger partial charge in [0.05, 0.1) is 0 Å². The van der Waals surface area contributed by atoms with Gasteiger partial charge in [-0.2, -0.15) is 5.10 Å². The van der Waals surface area contributed by atoms with Gasteiger partial charge < -0.3 is 5.32 Å². The average Bonchev–Trinajstić information content (AvgIpc) is 2.93. The molecule has 1 amide bonds. The number of hydrogen-bond donors (Lipinski definition) is 1. The third-order valence-corrected chi connectivity index (χ3v) is 3.52. The normalized spacial score (nSPS) is 16.8. The molecule has 5 heteroatoms. The van der Waals surface area contributed by atoms with Crippen LogP contribution in [-0.2, 0) is 11.3 Å². The predicted molar refractivity (Wildman–Crippen MR) is 73.4 cm³/mol. The highest BCUT2D eigenvalue weighted by molar-refractivity contribution is 5.76. The molecule has 0 spiro atoms. The van der Waals surface area contributed by atoms with E-state index in [4.69, 9.17) is 0 Å². The van der Waals surface area contributed by atoms with Crippen molar-refractivity contribution >= 4 is 5.91 Å². The van der Waals surface area contributed by atoms with Gasteiger partial charge >= 0.3 is 0 Å². The molecule has 2 rings (SSSR count). The lowest BCUT2D eigenvalue weighted by Crippen LogP contribution is -2.34. The lowest BCUT2D eigenvalue weighted by molar-refractivity contribution is -0.121. The van der Waals surface area contributed by atoms with Crippen LogP contribution < -0.4 is 5.32 Å². The second kappa shape index (κ2) is 7.07. The monoisotopic (exact) mass is 262 g/mol. The van der Waals surface area contributed by atoms with Crippen molar-refractivity contribution in [2.24, 2.45) is 0 Å². The SMILES string of the molecule is C[C@H](NC(=O)CCCn1cncn1)C1=CCCCC1. The molecule has 0 bridgehead atoms. The highest BCUT2D eigenvalue weighted by atomic mass is 16.1. The molecule has 0 fully saturated rings. The number of aromatic nitrogens is 3. The van der Waals surface area contributed by atoms with Crippen LogP contribution in [0.2, 0.25) is 0 Å². The van der Waals surface area contributed by atoms with Gasteiger partial charge in [-0.1, -0.05) is 11.6 Å². The van der Waals surface area contributed by atoms with Gasteiger partial charge in [-0.25, -0.2) is 4.98 Å². The van der Waals surface area contributed by atoms with Gasteiger partial charge in [0, 0.05) is 19.0 Å². The number of carbonyl (C=O) groups is 1. The first kappa shape index (κ1) is 13.8. The molecular weight excluding hydrogens is 240 g/mol. The van der Waals surface area contributed by atoms with E-state index in [1.165, 1.54) is 24.7 Å². The summed E-state index contributed by atoms with van der Waals surface area (Å²) in [6, 6.07) is 0.180. The number of amides is 1. The number of rotatable bonds is 6. The summed E-state index contributed by atoms with van der Waals surface area (Å²) in [7, 11) is 0. The van der Waals surface area contributed by atoms with E-state index in [1.54, 1.807) is 11.0 Å². The van der Waals surface area contributed by atoms with Crippen LogP contribution in [0.15, 0.2) is 24.3 Å². The van der Waals surface area contributed by atoms with Crippen LogP contribution in [0.25, 0.3) is 0 Å². The maximum Gasteiger partial charge on any atom is 0.220 e. The van der Waals surface area contributed by atoms with Crippen molar-refractivity contribution < 1.29 is 4.79 Å². The van der Waals surface area contributed by atoms with Crippen molar-refractivity contribution in [2.75, 3.05) is 0 Å². The van der Waals surface area contributed by atoms with Crippen molar-refractivity contribution in [3.8, 4) is 0 Å². The Morgan fingerprint density at radius 2 is 2.42 bits per heavy atom. The molecule has 0 aliphatic heterocycles. The van der Waals surface area contributed by atoms with Crippen LogP contribution in [0.3, 0.4) is 0 Å². The number of nitrogens with zero attached hydrogens (tertiary/aromatic N) is 3. The van der Waals surface area contributed by atoms with E-state index < -0.39 is 0 Å². The van der Waals surface area contributed by atoms with Gasteiger partial charge in [0.2, 0.25) is 5.91 Å². The van der Waals surface area contributed by atoms with Crippen LogP contribution in [0.1, 0.15) is 45.4 Å². The molecule has 1 aromatic rings. The first-order chi connectivity index (χ1) is 9.25. The second-order valence-corrected chi connectivity index (χ2v) is 5.08. The van der Waals surface area contributed by atoms with Gasteiger partial charge in [-0.05, 0) is 39.0 Å². The zero-order valence-corrected chi connectivity index (χ0v) is 11.5. The largest absolute Gasteiger partial charge is 0.350 e. The molecule has 0 saturated carbocycles. The summed E-state index contributed by atoms with van der Waals surface area (Å²) in [5.74, 6) is 0.124. The molecular formula is C14H22N4O. The summed E-state index contributed by atoms with van der Waals surface area (Å²) in [6.07, 6.45) is 11.6. The fraction of sp³-hybridized carbons (Fsp3) is 0.643. The number of aryl methyl sites for hydroxylation is 1. The number of carbonyl (C=O) groups excluding carboxylic acids is 1. The fourth-order valence-corrected chi connectivity index (χ4v) is 2.41. The highest BCUT2D eigenvalue weighted by Crippen LogP contribution is 2.20. The van der Waals surface area contributed by atoms with Gasteiger partial charge in [-0.15, -0.1) is 0 Å². The number of allylic oxidation sites excluding steroid dienone is 1. The van der Waals surface area contributed by atoms with Gasteiger partial charge in [-0.3, -0.25) is 9.48 Å². The molecule has 0 saturated heterocycles. The summed E-state index contributed by atoms with van der Waals surface area (Å²) in [6.45, 7) is 2.82. The number of hydrogen-bond acceptors (Lipinski definition) is 3. The van der Waals surface area contributed by atoms with Gasteiger partial charge in [0.25, 0.3) is 0 Å². The van der Waals surface area contributed by atoms with Gasteiger partial charge in [0.15, 0.2) is 0 Å². The van der Waals surface area contributed by atoms with E-state index in [0.717, 1.165) is 25.8 Å². The van der Waals surface area contributed by atoms with Crippen LogP contribution in [0.4, 0.5) is 0 Å². The molecule has 1 aromatic heterocycles. The molecule has 1 atom stereocenters. The lowest BCUT2D eigenvalue weighted by atomic mass is 9.94. The number of nitrogens with one attached hydrogen (secondary N) is 1. The van der Waals surface area contributed by atoms with E-state index in [-0.39, 0.29) is 11.9 Å². The molecule has 1 heterocycles. The zero-order valence-electron chi connectivity index (χ0n) is 11.5. The third-order valence-electron chi connectivity index (χ3n) is 3.52. The van der Waals surface area contributed by atoms with Crippen LogP contribution >= 0.6 is 0 Å². The van der Waals surface area contributed by atoms with E-state index in [9.17, 15) is 4.79 Å². The Morgan fingerprint density at radius 3 is 3.11 bits per heavy atom. The molecule has 19 heavy (non-hydrogen) atoms. The van der Waals surface area contributed by atoms with Gasteiger partial charge in [0.1, 0.15) is 12.7 Å². The summed E-state index contributed by atoms with van der Waals surface area (Å²) in [4.78, 5) is 15.7. The highest BCUT2D eigenvalue weighted by Gasteiger charge is 2.13. The lowest BCUT2D eigenvalue weighted by Gasteiger charge is -2.20. The first-order valence-corrected chi connectivity index (χ1v) is 7.06. The Bertz CT molecular complexity index is 425. The summed E-state index contributed by atoms with van der Waals surface area (Å²) >= 11 is 0. The van der Waals surface area contributed by atoms with Crippen LogP contribution in [0.5, 0.6) is 0 Å². The average molecular weight is 262 g/mol. The van der Waals surface area contributed by atoms with E-state index >= 15 is 0 Å². The third kappa shape index (κ3) is 4.50. The Morgan fingerprint density at radius 1 is 1.53 bits per heavy atom. The quantitative estimate of drug-likeness (QED) is 0.798. The Balaban J connectivity index is 1.67. The minimum Gasteiger partial charge on any atom is -0.350 e. The maximum atomic E-state index is 11.8. The standard InChI is InChI=1S/C14H22N4O/c1-12(13-6-3-2-4-7-13)17-14(19)8-5-9-18-11-15-10-16-18/h6,10-12H,2-5,7-9H2,1H3,(H,17,19)/t12-/m0/s1. The first-order valence-electron chi connectivity index (χ1n) is 7.06. The molecule has 104 valence electrons. The van der Waals surface area contributed by atoms with Crippen molar-refractivity contribution in [3.05, 3.63) is 24.3 Å². The van der Waals surface area contributed by atoms with Crippen LogP contribution in [-0.4, -0.2) is 26.7 Å². The van der Waals surface area contributed by atoms with E-state index in [2.05, 4.69) is 28.4 Å². The molecule has 1 aliphatic rings. The maximum absolute atomic E-state index is 11.8. The summed E-state index contributed by atoms with van der Waals surface area (Å²) in [5, 5.41) is 7.09. The Hall–Kier alpha value is -1.65. The molecule has 1 N–H and O–H groups in total. The summed E-state index contributed by atoms with van der Waals surface area (Å²) < 4.78 is 1.75. The van der Waals surface area contributed by atoms with E-state index in [0.29, 0.717) is 6.42 Å². The predicted octanol–water partition coefficient (Wildman–Crippen LogP) is 2.06. The molecule has 0 radical (unpaired) electrons. The smallest absolute Gasteiger partial charge is 0.220 e. The zero-order chi connectivity index (χ0) is 13.5. The molecule has 0 unspecified atom stereocenters. The van der Waals surface area contributed by atoms with Crippen molar-refractivity contribution in [3.63, 3.8) is 0 Å². The van der Waals surface area contributed by atoms with Crippen LogP contribution in [0, 0.1) is 0 Å². The minimum absolute atomic E-state index is 0.124. The fourth-order valence-electron chi connectivity index (χ4n) is 2.41. The van der Waals surface area contributed by atoms with Crippen molar-refractivity contribution in [1.82, 2.24) is 20.1 Å². The Kier molecular flexibility index (Phi) is 5.12.